The number of rotatable bonds is 6. The highest BCUT2D eigenvalue weighted by Gasteiger charge is 2.12. The highest BCUT2D eigenvalue weighted by atomic mass is 32.1. The van der Waals surface area contributed by atoms with E-state index in [0.29, 0.717) is 23.1 Å². The Kier molecular flexibility index (Phi) is 4.67. The Morgan fingerprint density at radius 2 is 2.03 bits per heavy atom. The van der Waals surface area contributed by atoms with Crippen molar-refractivity contribution in [3.8, 4) is 10.9 Å². The average molecular weight is 402 g/mol. The van der Waals surface area contributed by atoms with Crippen LogP contribution in [0, 0.1) is 0 Å². The number of nitrogens with one attached hydrogen (secondary N) is 1. The fourth-order valence-electron chi connectivity index (χ4n) is 3.19. The van der Waals surface area contributed by atoms with Crippen molar-refractivity contribution in [3.05, 3.63) is 78.4 Å². The Morgan fingerprint density at radius 1 is 1.14 bits per heavy atom. The van der Waals surface area contributed by atoms with Crippen LogP contribution < -0.4 is 10.1 Å². The second-order valence-electron chi connectivity index (χ2n) is 6.71. The van der Waals surface area contributed by atoms with Crippen LogP contribution in [0.4, 0.5) is 0 Å². The molecule has 0 saturated carbocycles. The molecular formula is C22H18N4O2S. The maximum Gasteiger partial charge on any atom is 0.281 e. The van der Waals surface area contributed by atoms with Gasteiger partial charge in [-0.25, -0.2) is 4.98 Å². The molecular weight excluding hydrogens is 384 g/mol. The van der Waals surface area contributed by atoms with E-state index in [9.17, 15) is 0 Å². The molecule has 1 N–H and O–H groups in total. The van der Waals surface area contributed by atoms with Crippen LogP contribution in [-0.4, -0.2) is 15.0 Å². The van der Waals surface area contributed by atoms with E-state index in [1.807, 2.05) is 54.9 Å². The summed E-state index contributed by atoms with van der Waals surface area (Å²) in [4.78, 5) is 12.7. The Balaban J connectivity index is 1.31. The summed E-state index contributed by atoms with van der Waals surface area (Å²) in [7, 11) is 0. The average Bonchev–Trinajstić information content (AvgIpc) is 3.35. The second kappa shape index (κ2) is 7.62. The molecule has 0 fully saturated rings. The quantitative estimate of drug-likeness (QED) is 0.406. The summed E-state index contributed by atoms with van der Waals surface area (Å²) in [5.41, 5.74) is 3.80. The van der Waals surface area contributed by atoms with Gasteiger partial charge in [0.05, 0.1) is 11.0 Å². The van der Waals surface area contributed by atoms with Crippen LogP contribution in [0.1, 0.15) is 24.1 Å². The minimum absolute atomic E-state index is 0.221. The summed E-state index contributed by atoms with van der Waals surface area (Å²) in [5, 5.41) is 5.16. The lowest BCUT2D eigenvalue weighted by atomic mass is 10.1. The van der Waals surface area contributed by atoms with Crippen LogP contribution in [0.25, 0.3) is 21.3 Å². The topological polar surface area (TPSA) is 73.1 Å². The number of nitrogens with zero attached hydrogens (tertiary/aromatic N) is 3. The van der Waals surface area contributed by atoms with E-state index in [2.05, 4.69) is 27.2 Å². The molecule has 5 aromatic rings. The van der Waals surface area contributed by atoms with Gasteiger partial charge in [0, 0.05) is 48.2 Å². The zero-order valence-electron chi connectivity index (χ0n) is 15.7. The van der Waals surface area contributed by atoms with Gasteiger partial charge in [-0.3, -0.25) is 4.98 Å². The normalized spacial score (nSPS) is 12.4. The van der Waals surface area contributed by atoms with Crippen LogP contribution in [0.15, 0.2) is 71.7 Å². The van der Waals surface area contributed by atoms with E-state index >= 15 is 0 Å². The van der Waals surface area contributed by atoms with E-state index in [1.165, 1.54) is 16.9 Å². The highest BCUT2D eigenvalue weighted by molar-refractivity contribution is 7.20. The molecule has 6 nitrogen and oxygen atoms in total. The van der Waals surface area contributed by atoms with Crippen molar-refractivity contribution >= 4 is 32.7 Å². The van der Waals surface area contributed by atoms with Crippen molar-refractivity contribution < 1.29 is 9.15 Å². The van der Waals surface area contributed by atoms with Crippen LogP contribution in [0.3, 0.4) is 0 Å². The SMILES string of the molecule is CC(NCc1coc2cc(Oc3nc4ncccc4s3)ccc12)c1ccncc1. The first-order valence-corrected chi connectivity index (χ1v) is 10.1. The summed E-state index contributed by atoms with van der Waals surface area (Å²) < 4.78 is 12.7. The fourth-order valence-corrected chi connectivity index (χ4v) is 3.98. The van der Waals surface area contributed by atoms with Gasteiger partial charge in [-0.05, 0) is 48.9 Å². The number of furan rings is 1. The monoisotopic (exact) mass is 402 g/mol. The number of fused-ring (bicyclic) bond motifs is 2. The standard InChI is InChI=1S/C22H18N4O2S/c1-14(15-6-9-23-10-7-15)25-12-16-13-27-19-11-17(4-5-18(16)19)28-22-26-21-20(29-22)3-2-8-24-21/h2-11,13-14,25H,12H2,1H3. The van der Waals surface area contributed by atoms with Crippen molar-refractivity contribution in [2.45, 2.75) is 19.5 Å². The van der Waals surface area contributed by atoms with E-state index in [4.69, 9.17) is 9.15 Å². The maximum atomic E-state index is 5.92. The number of hydrogen-bond acceptors (Lipinski definition) is 7. The molecule has 1 atom stereocenters. The third kappa shape index (κ3) is 3.70. The van der Waals surface area contributed by atoms with Crippen molar-refractivity contribution in [2.24, 2.45) is 0 Å². The molecule has 0 amide bonds. The van der Waals surface area contributed by atoms with Crippen molar-refractivity contribution in [1.29, 1.82) is 0 Å². The van der Waals surface area contributed by atoms with Crippen molar-refractivity contribution in [2.75, 3.05) is 0 Å². The summed E-state index contributed by atoms with van der Waals surface area (Å²) in [6.07, 6.45) is 7.14. The van der Waals surface area contributed by atoms with Gasteiger partial charge in [0.2, 0.25) is 0 Å². The minimum Gasteiger partial charge on any atom is -0.464 e. The number of ether oxygens (including phenoxy) is 1. The number of aromatic nitrogens is 3. The lowest BCUT2D eigenvalue weighted by molar-refractivity contribution is 0.479. The zero-order chi connectivity index (χ0) is 19.6. The molecule has 29 heavy (non-hydrogen) atoms. The maximum absolute atomic E-state index is 5.92. The van der Waals surface area contributed by atoms with Gasteiger partial charge < -0.3 is 14.5 Å². The summed E-state index contributed by atoms with van der Waals surface area (Å²) in [6, 6.07) is 14.0. The van der Waals surface area contributed by atoms with Gasteiger partial charge in [0.25, 0.3) is 5.19 Å². The summed E-state index contributed by atoms with van der Waals surface area (Å²) in [5.74, 6) is 0.690. The molecule has 0 bridgehead atoms. The van der Waals surface area contributed by atoms with Crippen LogP contribution >= 0.6 is 11.3 Å². The second-order valence-corrected chi connectivity index (χ2v) is 7.70. The number of benzene rings is 1. The molecule has 144 valence electrons. The van der Waals surface area contributed by atoms with Gasteiger partial charge in [0.1, 0.15) is 11.3 Å². The number of hydrogen-bond donors (Lipinski definition) is 1. The summed E-state index contributed by atoms with van der Waals surface area (Å²) in [6.45, 7) is 2.84. The molecule has 5 rings (SSSR count). The fraction of sp³-hybridized carbons (Fsp3) is 0.136. The molecule has 0 aliphatic carbocycles. The predicted octanol–water partition coefficient (Wildman–Crippen LogP) is 5.48. The third-order valence-electron chi connectivity index (χ3n) is 4.78. The Hall–Kier alpha value is -3.29. The molecule has 4 heterocycles. The molecule has 1 aromatic carbocycles. The minimum atomic E-state index is 0.221. The van der Waals surface area contributed by atoms with E-state index in [1.54, 1.807) is 12.5 Å². The lowest BCUT2D eigenvalue weighted by Crippen LogP contribution is -2.17. The largest absolute Gasteiger partial charge is 0.464 e. The van der Waals surface area contributed by atoms with E-state index < -0.39 is 0 Å². The predicted molar refractivity (Wildman–Crippen MR) is 113 cm³/mol. The first-order chi connectivity index (χ1) is 14.3. The zero-order valence-corrected chi connectivity index (χ0v) is 16.5. The molecule has 1 unspecified atom stereocenters. The van der Waals surface area contributed by atoms with Crippen LogP contribution in [-0.2, 0) is 6.54 Å². The van der Waals surface area contributed by atoms with Gasteiger partial charge in [-0.2, -0.15) is 4.98 Å². The Bertz CT molecular complexity index is 1230. The van der Waals surface area contributed by atoms with Gasteiger partial charge >= 0.3 is 0 Å². The lowest BCUT2D eigenvalue weighted by Gasteiger charge is -2.13. The van der Waals surface area contributed by atoms with Crippen LogP contribution in [0.2, 0.25) is 0 Å². The summed E-state index contributed by atoms with van der Waals surface area (Å²) >= 11 is 1.47. The van der Waals surface area contributed by atoms with Crippen LogP contribution in [0.5, 0.6) is 10.9 Å². The van der Waals surface area contributed by atoms with Crippen molar-refractivity contribution in [1.82, 2.24) is 20.3 Å². The molecule has 4 aromatic heterocycles. The third-order valence-corrected chi connectivity index (χ3v) is 5.67. The smallest absolute Gasteiger partial charge is 0.281 e. The first-order valence-electron chi connectivity index (χ1n) is 9.29. The number of thiazole rings is 1. The van der Waals surface area contributed by atoms with Gasteiger partial charge in [-0.15, -0.1) is 0 Å². The molecule has 0 aliphatic rings. The molecule has 0 saturated heterocycles. The Morgan fingerprint density at radius 3 is 2.90 bits per heavy atom. The number of pyridine rings is 2. The molecule has 0 aliphatic heterocycles. The highest BCUT2D eigenvalue weighted by Crippen LogP contribution is 2.32. The van der Waals surface area contributed by atoms with Crippen molar-refractivity contribution in [3.63, 3.8) is 0 Å². The van der Waals surface area contributed by atoms with Gasteiger partial charge in [-0.1, -0.05) is 11.3 Å². The molecule has 0 radical (unpaired) electrons. The molecule has 0 spiro atoms. The first kappa shape index (κ1) is 17.8. The van der Waals surface area contributed by atoms with E-state index in [0.717, 1.165) is 21.2 Å². The molecule has 7 heteroatoms. The van der Waals surface area contributed by atoms with E-state index in [-0.39, 0.29) is 6.04 Å². The Labute approximate surface area is 171 Å². The van der Waals surface area contributed by atoms with Gasteiger partial charge in [0.15, 0.2) is 5.65 Å².